The molecule has 0 saturated carbocycles. The van der Waals surface area contributed by atoms with Crippen molar-refractivity contribution in [2.45, 2.75) is 23.7 Å². The molecule has 1 aromatic rings. The highest BCUT2D eigenvalue weighted by Gasteiger charge is 2.26. The van der Waals surface area contributed by atoms with Gasteiger partial charge in [-0.2, -0.15) is 5.10 Å². The van der Waals surface area contributed by atoms with Gasteiger partial charge >= 0.3 is 0 Å². The summed E-state index contributed by atoms with van der Waals surface area (Å²) < 4.78 is 23.1. The summed E-state index contributed by atoms with van der Waals surface area (Å²) in [5.41, 5.74) is 0.772. The maximum absolute atomic E-state index is 11.6. The topological polar surface area (TPSA) is 66.1 Å². The molecular formula is C10H17N3O2S. The first-order chi connectivity index (χ1) is 7.48. The number of hydrogen-bond donors (Lipinski definition) is 1. The molecule has 2 heterocycles. The van der Waals surface area contributed by atoms with E-state index in [0.29, 0.717) is 4.90 Å². The molecule has 90 valence electrons. The van der Waals surface area contributed by atoms with Crippen molar-refractivity contribution < 1.29 is 8.42 Å². The fourth-order valence-electron chi connectivity index (χ4n) is 2.28. The van der Waals surface area contributed by atoms with Crippen LogP contribution in [0.15, 0.2) is 11.1 Å². The van der Waals surface area contributed by atoms with Crippen LogP contribution in [0.25, 0.3) is 0 Å². The van der Waals surface area contributed by atoms with E-state index >= 15 is 0 Å². The zero-order valence-corrected chi connectivity index (χ0v) is 10.4. The van der Waals surface area contributed by atoms with E-state index in [1.807, 2.05) is 0 Å². The van der Waals surface area contributed by atoms with Gasteiger partial charge in [0.25, 0.3) is 0 Å². The lowest BCUT2D eigenvalue weighted by molar-refractivity contribution is 0.247. The molecule has 0 unspecified atom stereocenters. The van der Waals surface area contributed by atoms with Crippen LogP contribution < -0.4 is 0 Å². The van der Waals surface area contributed by atoms with Crippen molar-refractivity contribution in [3.63, 3.8) is 0 Å². The van der Waals surface area contributed by atoms with Crippen molar-refractivity contribution in [1.29, 1.82) is 0 Å². The Morgan fingerprint density at radius 1 is 1.56 bits per heavy atom. The van der Waals surface area contributed by atoms with Crippen LogP contribution in [0.1, 0.15) is 24.5 Å². The summed E-state index contributed by atoms with van der Waals surface area (Å²) in [6, 6.07) is 0. The average Bonchev–Trinajstić information content (AvgIpc) is 2.65. The molecule has 0 aliphatic carbocycles. The molecule has 1 N–H and O–H groups in total. The van der Waals surface area contributed by atoms with Crippen molar-refractivity contribution in [2.24, 2.45) is 0 Å². The van der Waals surface area contributed by atoms with Crippen molar-refractivity contribution >= 4 is 9.84 Å². The molecule has 0 radical (unpaired) electrons. The number of H-pyrrole nitrogens is 1. The Kier molecular flexibility index (Phi) is 3.03. The van der Waals surface area contributed by atoms with Crippen LogP contribution in [0.5, 0.6) is 0 Å². The molecule has 0 spiro atoms. The van der Waals surface area contributed by atoms with Gasteiger partial charge in [0.15, 0.2) is 9.84 Å². The molecule has 5 nitrogen and oxygen atoms in total. The average molecular weight is 243 g/mol. The number of hydrogen-bond acceptors (Lipinski definition) is 4. The quantitative estimate of drug-likeness (QED) is 0.827. The van der Waals surface area contributed by atoms with Crippen LogP contribution >= 0.6 is 0 Å². The predicted octanol–water partition coefficient (Wildman–Crippen LogP) is 0.622. The highest BCUT2D eigenvalue weighted by Crippen LogP contribution is 2.28. The first kappa shape index (κ1) is 11.6. The van der Waals surface area contributed by atoms with Gasteiger partial charge in [-0.05, 0) is 26.4 Å². The van der Waals surface area contributed by atoms with E-state index in [1.165, 1.54) is 12.5 Å². The molecule has 16 heavy (non-hydrogen) atoms. The first-order valence-electron chi connectivity index (χ1n) is 5.40. The number of rotatable bonds is 2. The zero-order valence-electron chi connectivity index (χ0n) is 9.60. The summed E-state index contributed by atoms with van der Waals surface area (Å²) in [7, 11) is -1.11. The Balaban J connectivity index is 2.30. The summed E-state index contributed by atoms with van der Waals surface area (Å²) in [6.07, 6.45) is 4.77. The Bertz CT molecular complexity index is 466. The minimum absolute atomic E-state index is 0.256. The van der Waals surface area contributed by atoms with Gasteiger partial charge < -0.3 is 4.90 Å². The third-order valence-corrected chi connectivity index (χ3v) is 4.19. The Morgan fingerprint density at radius 2 is 2.31 bits per heavy atom. The van der Waals surface area contributed by atoms with Gasteiger partial charge in [0, 0.05) is 18.7 Å². The third-order valence-electron chi connectivity index (χ3n) is 3.06. The van der Waals surface area contributed by atoms with E-state index in [4.69, 9.17) is 0 Å². The molecule has 0 bridgehead atoms. The number of aromatic amines is 1. The van der Waals surface area contributed by atoms with Crippen LogP contribution in [0.3, 0.4) is 0 Å². The largest absolute Gasteiger partial charge is 0.306 e. The number of nitrogens with one attached hydrogen (secondary N) is 1. The molecule has 0 amide bonds. The molecule has 1 atom stereocenters. The molecule has 1 aliphatic heterocycles. The smallest absolute Gasteiger partial charge is 0.178 e. The van der Waals surface area contributed by atoms with Gasteiger partial charge in [-0.1, -0.05) is 0 Å². The lowest BCUT2D eigenvalue weighted by atomic mass is 9.95. The number of likely N-dealkylation sites (N-methyl/N-ethyl adjacent to an activating group) is 1. The second kappa shape index (κ2) is 4.18. The van der Waals surface area contributed by atoms with Crippen LogP contribution in [0.4, 0.5) is 0 Å². The van der Waals surface area contributed by atoms with Crippen LogP contribution in [0.2, 0.25) is 0 Å². The minimum atomic E-state index is -3.17. The van der Waals surface area contributed by atoms with Crippen molar-refractivity contribution in [1.82, 2.24) is 15.1 Å². The number of sulfone groups is 1. The van der Waals surface area contributed by atoms with Crippen LogP contribution in [0, 0.1) is 0 Å². The Morgan fingerprint density at radius 3 is 2.94 bits per heavy atom. The summed E-state index contributed by atoms with van der Waals surface area (Å²) in [4.78, 5) is 2.58. The molecule has 1 aromatic heterocycles. The normalized spacial score (nSPS) is 23.5. The minimum Gasteiger partial charge on any atom is -0.306 e. The lowest BCUT2D eigenvalue weighted by Crippen LogP contribution is -2.31. The molecule has 0 aromatic carbocycles. The van der Waals surface area contributed by atoms with E-state index in [-0.39, 0.29) is 5.92 Å². The van der Waals surface area contributed by atoms with E-state index < -0.39 is 9.84 Å². The molecule has 2 rings (SSSR count). The SMILES string of the molecule is CN1CCC[C@H](c2[nH]ncc2S(C)(=O)=O)C1. The fraction of sp³-hybridized carbons (Fsp3) is 0.700. The summed E-state index contributed by atoms with van der Waals surface area (Å²) >= 11 is 0. The van der Waals surface area contributed by atoms with Crippen LogP contribution in [-0.2, 0) is 9.84 Å². The number of piperidine rings is 1. The van der Waals surface area contributed by atoms with Gasteiger partial charge in [-0.15, -0.1) is 0 Å². The first-order valence-corrected chi connectivity index (χ1v) is 7.29. The molecule has 6 heteroatoms. The highest BCUT2D eigenvalue weighted by atomic mass is 32.2. The summed E-state index contributed by atoms with van der Waals surface area (Å²) in [6.45, 7) is 1.98. The maximum atomic E-state index is 11.6. The van der Waals surface area contributed by atoms with Gasteiger partial charge in [0.1, 0.15) is 4.90 Å². The van der Waals surface area contributed by atoms with Gasteiger partial charge in [-0.3, -0.25) is 5.10 Å². The van der Waals surface area contributed by atoms with Crippen molar-refractivity contribution in [2.75, 3.05) is 26.4 Å². The highest BCUT2D eigenvalue weighted by molar-refractivity contribution is 7.90. The number of aromatic nitrogens is 2. The Hall–Kier alpha value is -0.880. The second-order valence-corrected chi connectivity index (χ2v) is 6.51. The fourth-order valence-corrected chi connectivity index (χ4v) is 3.13. The summed E-state index contributed by atoms with van der Waals surface area (Å²) in [5, 5.41) is 6.71. The second-order valence-electron chi connectivity index (χ2n) is 4.52. The van der Waals surface area contributed by atoms with E-state index in [2.05, 4.69) is 22.1 Å². The van der Waals surface area contributed by atoms with E-state index in [1.54, 1.807) is 0 Å². The van der Waals surface area contributed by atoms with Gasteiger partial charge in [-0.25, -0.2) is 8.42 Å². The number of likely N-dealkylation sites (tertiary alicyclic amines) is 1. The van der Waals surface area contributed by atoms with E-state index in [0.717, 1.165) is 31.6 Å². The molecule has 1 aliphatic rings. The monoisotopic (exact) mass is 243 g/mol. The molecule has 1 saturated heterocycles. The summed E-state index contributed by atoms with van der Waals surface area (Å²) in [5.74, 6) is 0.256. The maximum Gasteiger partial charge on any atom is 0.178 e. The van der Waals surface area contributed by atoms with Gasteiger partial charge in [0.2, 0.25) is 0 Å². The lowest BCUT2D eigenvalue weighted by Gasteiger charge is -2.29. The standard InChI is InChI=1S/C10H17N3O2S/c1-13-5-3-4-8(7-13)10-9(6-11-12-10)16(2,14)15/h6,8H,3-5,7H2,1-2H3,(H,11,12)/t8-/m0/s1. The predicted molar refractivity (Wildman–Crippen MR) is 61.2 cm³/mol. The third kappa shape index (κ3) is 2.27. The van der Waals surface area contributed by atoms with Crippen molar-refractivity contribution in [3.05, 3.63) is 11.9 Å². The zero-order chi connectivity index (χ0) is 11.8. The van der Waals surface area contributed by atoms with Crippen molar-refractivity contribution in [3.8, 4) is 0 Å². The van der Waals surface area contributed by atoms with Gasteiger partial charge in [0.05, 0.1) is 11.9 Å². The molecule has 1 fully saturated rings. The Labute approximate surface area is 95.8 Å². The molecular weight excluding hydrogens is 226 g/mol. The van der Waals surface area contributed by atoms with E-state index in [9.17, 15) is 8.42 Å². The van der Waals surface area contributed by atoms with Crippen LogP contribution in [-0.4, -0.2) is 49.9 Å². The number of nitrogens with zero attached hydrogens (tertiary/aromatic N) is 2.